The van der Waals surface area contributed by atoms with Crippen LogP contribution in [0.3, 0.4) is 0 Å². The summed E-state index contributed by atoms with van der Waals surface area (Å²) in [6.07, 6.45) is 4.48. The maximum absolute atomic E-state index is 8.81. The third kappa shape index (κ3) is 5.47. The molecule has 2 aliphatic heterocycles. The highest BCUT2D eigenvalue weighted by Crippen LogP contribution is 2.20. The third-order valence-corrected chi connectivity index (χ3v) is 5.36. The maximum atomic E-state index is 8.81. The number of halogens is 2. The third-order valence-electron chi connectivity index (χ3n) is 4.04. The van der Waals surface area contributed by atoms with Crippen LogP contribution in [0.4, 0.5) is 0 Å². The van der Waals surface area contributed by atoms with Gasteiger partial charge >= 0.3 is 0 Å². The molecule has 0 amide bonds. The predicted octanol–water partition coefficient (Wildman–Crippen LogP) is 2.44. The lowest BCUT2D eigenvalue weighted by Gasteiger charge is -2.26. The zero-order valence-electron chi connectivity index (χ0n) is 14.6. The van der Waals surface area contributed by atoms with Crippen LogP contribution in [0.15, 0.2) is 21.3 Å². The largest absolute Gasteiger partial charge is 0.309 e. The highest BCUT2D eigenvalue weighted by molar-refractivity contribution is 9.10. The quantitative estimate of drug-likeness (QED) is 0.641. The number of aromatic nitrogens is 4. The van der Waals surface area contributed by atoms with E-state index in [0.717, 1.165) is 61.0 Å². The number of carbonyl (C=O) groups excluding carboxylic acids is 1. The molecule has 0 unspecified atom stereocenters. The van der Waals surface area contributed by atoms with Gasteiger partial charge in [0.05, 0.1) is 45.8 Å². The Morgan fingerprint density at radius 2 is 1.72 bits per heavy atom. The lowest BCUT2D eigenvalue weighted by Crippen LogP contribution is -2.33. The van der Waals surface area contributed by atoms with Crippen molar-refractivity contribution in [2.75, 3.05) is 19.6 Å². The topological polar surface area (TPSA) is 68.0 Å². The van der Waals surface area contributed by atoms with Crippen LogP contribution in [0.2, 0.25) is 0 Å². The fourth-order valence-electron chi connectivity index (χ4n) is 2.68. The van der Waals surface area contributed by atoms with Gasteiger partial charge in [0.1, 0.15) is 6.29 Å². The number of fused-ring (bicyclic) bond motifs is 2. The molecule has 0 saturated heterocycles. The van der Waals surface area contributed by atoms with Crippen LogP contribution in [0, 0.1) is 0 Å². The van der Waals surface area contributed by atoms with Gasteiger partial charge in [0.25, 0.3) is 0 Å². The predicted molar refractivity (Wildman–Crippen MR) is 104 cm³/mol. The van der Waals surface area contributed by atoms with Crippen molar-refractivity contribution in [3.63, 3.8) is 0 Å². The summed E-state index contributed by atoms with van der Waals surface area (Å²) in [5.74, 6) is 0. The molecular formula is C16H24Br2N6O. The van der Waals surface area contributed by atoms with E-state index in [1.165, 1.54) is 18.3 Å². The summed E-state index contributed by atoms with van der Waals surface area (Å²) in [6, 6.07) is 0. The Labute approximate surface area is 165 Å². The van der Waals surface area contributed by atoms with Crippen LogP contribution in [0.5, 0.6) is 0 Å². The molecule has 4 heterocycles. The molecule has 1 N–H and O–H groups in total. The molecule has 0 fully saturated rings. The van der Waals surface area contributed by atoms with Gasteiger partial charge in [0, 0.05) is 26.2 Å². The van der Waals surface area contributed by atoms with E-state index in [0.29, 0.717) is 0 Å². The van der Waals surface area contributed by atoms with E-state index < -0.39 is 0 Å². The molecule has 2 aromatic rings. The van der Waals surface area contributed by atoms with Crippen LogP contribution < -0.4 is 5.32 Å². The van der Waals surface area contributed by atoms with Gasteiger partial charge in [-0.2, -0.15) is 10.2 Å². The summed E-state index contributed by atoms with van der Waals surface area (Å²) < 4.78 is 6.36. The monoisotopic (exact) mass is 474 g/mol. The fraction of sp³-hybridized carbons (Fsp3) is 0.562. The normalized spacial score (nSPS) is 15.8. The average molecular weight is 476 g/mol. The van der Waals surface area contributed by atoms with E-state index in [1.807, 2.05) is 17.1 Å². The van der Waals surface area contributed by atoms with Crippen LogP contribution in [0.1, 0.15) is 25.2 Å². The van der Waals surface area contributed by atoms with E-state index >= 15 is 0 Å². The van der Waals surface area contributed by atoms with Crippen LogP contribution >= 0.6 is 31.9 Å². The molecule has 138 valence electrons. The molecule has 0 radical (unpaired) electrons. The first-order valence-electron chi connectivity index (χ1n) is 8.33. The van der Waals surface area contributed by atoms with Gasteiger partial charge in [-0.3, -0.25) is 14.3 Å². The zero-order valence-corrected chi connectivity index (χ0v) is 17.8. The molecule has 7 nitrogen and oxygen atoms in total. The minimum absolute atomic E-state index is 0.750. The molecule has 2 aliphatic rings. The first-order valence-corrected chi connectivity index (χ1v) is 9.92. The van der Waals surface area contributed by atoms with Crippen molar-refractivity contribution < 1.29 is 4.79 Å². The average Bonchev–Trinajstić information content (AvgIpc) is 3.20. The van der Waals surface area contributed by atoms with Crippen LogP contribution in [0.25, 0.3) is 0 Å². The highest BCUT2D eigenvalue weighted by atomic mass is 79.9. The smallest absolute Gasteiger partial charge is 0.116 e. The minimum Gasteiger partial charge on any atom is -0.309 e. The lowest BCUT2D eigenvalue weighted by molar-refractivity contribution is -0.106. The first kappa shape index (κ1) is 20.3. The van der Waals surface area contributed by atoms with Crippen LogP contribution in [-0.2, 0) is 31.0 Å². The highest BCUT2D eigenvalue weighted by Gasteiger charge is 2.17. The number of carbonyl (C=O) groups is 1. The lowest BCUT2D eigenvalue weighted by atomic mass is 10.3. The second-order valence-electron chi connectivity index (χ2n) is 5.61. The Morgan fingerprint density at radius 1 is 1.12 bits per heavy atom. The van der Waals surface area contributed by atoms with E-state index in [-0.39, 0.29) is 0 Å². The van der Waals surface area contributed by atoms with Gasteiger partial charge in [-0.1, -0.05) is 6.92 Å². The van der Waals surface area contributed by atoms with E-state index in [4.69, 9.17) is 4.79 Å². The number of nitrogens with one attached hydrogen (secondary N) is 1. The molecule has 0 aromatic carbocycles. The Balaban J connectivity index is 0.000000158. The summed E-state index contributed by atoms with van der Waals surface area (Å²) in [5, 5.41) is 11.7. The van der Waals surface area contributed by atoms with Gasteiger partial charge in [-0.05, 0) is 45.3 Å². The van der Waals surface area contributed by atoms with Crippen LogP contribution in [-0.4, -0.2) is 50.4 Å². The summed E-state index contributed by atoms with van der Waals surface area (Å²) in [4.78, 5) is 11.2. The van der Waals surface area contributed by atoms with Crippen molar-refractivity contribution in [2.24, 2.45) is 0 Å². The van der Waals surface area contributed by atoms with E-state index in [9.17, 15) is 0 Å². The molecule has 9 heteroatoms. The number of aldehydes is 1. The van der Waals surface area contributed by atoms with Crippen molar-refractivity contribution in [2.45, 2.75) is 40.0 Å². The molecular weight excluding hydrogens is 452 g/mol. The van der Waals surface area contributed by atoms with E-state index in [2.05, 4.69) is 63.9 Å². The number of rotatable bonds is 1. The SMILES string of the molecule is Brc1cnn2c1CNCC2.CC=O.CCN1CCn2ncc(Br)c2C1. The Morgan fingerprint density at radius 3 is 2.32 bits per heavy atom. The van der Waals surface area contributed by atoms with Gasteiger partial charge in [0.15, 0.2) is 0 Å². The van der Waals surface area contributed by atoms with Crippen molar-refractivity contribution in [3.05, 3.63) is 32.7 Å². The minimum atomic E-state index is 0.750. The number of nitrogens with zero attached hydrogens (tertiary/aromatic N) is 5. The Kier molecular flexibility index (Phi) is 8.28. The molecule has 0 spiro atoms. The Bertz CT molecular complexity index is 684. The van der Waals surface area contributed by atoms with Crippen molar-refractivity contribution in [3.8, 4) is 0 Å². The van der Waals surface area contributed by atoms with Gasteiger partial charge in [-0.25, -0.2) is 0 Å². The molecule has 2 aromatic heterocycles. The molecule has 4 rings (SSSR count). The summed E-state index contributed by atoms with van der Waals surface area (Å²) >= 11 is 6.93. The second-order valence-corrected chi connectivity index (χ2v) is 7.31. The number of hydrogen-bond acceptors (Lipinski definition) is 5. The molecule has 0 aliphatic carbocycles. The number of likely N-dealkylation sites (N-methyl/N-ethyl adjacent to an activating group) is 1. The van der Waals surface area contributed by atoms with Gasteiger partial charge in [-0.15, -0.1) is 0 Å². The summed E-state index contributed by atoms with van der Waals surface area (Å²) in [5.41, 5.74) is 2.56. The molecule has 0 saturated carbocycles. The summed E-state index contributed by atoms with van der Waals surface area (Å²) in [7, 11) is 0. The van der Waals surface area contributed by atoms with Crippen molar-refractivity contribution >= 4 is 38.1 Å². The van der Waals surface area contributed by atoms with Crippen molar-refractivity contribution in [1.82, 2.24) is 29.8 Å². The maximum Gasteiger partial charge on any atom is 0.116 e. The fourth-order valence-corrected chi connectivity index (χ4v) is 3.54. The number of hydrogen-bond donors (Lipinski definition) is 1. The van der Waals surface area contributed by atoms with Gasteiger partial charge < -0.3 is 10.1 Å². The zero-order chi connectivity index (χ0) is 18.2. The molecule has 0 atom stereocenters. The molecule has 25 heavy (non-hydrogen) atoms. The Hall–Kier alpha value is -1.03. The second kappa shape index (κ2) is 10.2. The molecule has 0 bridgehead atoms. The standard InChI is InChI=1S/C8H12BrN3.C6H8BrN3.C2H4O/c1-2-11-3-4-12-8(6-11)7(9)5-10-12;7-5-3-9-10-2-1-8-4-6(5)10;1-2-3/h5H,2-4,6H2,1H3;3,8H,1-2,4H2;2H,1H3. The first-order chi connectivity index (χ1) is 12.1. The summed E-state index contributed by atoms with van der Waals surface area (Å²) in [6.45, 7) is 10.9. The van der Waals surface area contributed by atoms with E-state index in [1.54, 1.807) is 0 Å². The van der Waals surface area contributed by atoms with Crippen molar-refractivity contribution in [1.29, 1.82) is 0 Å². The van der Waals surface area contributed by atoms with Gasteiger partial charge in [0.2, 0.25) is 0 Å².